The average Bonchev–Trinajstić information content (AvgIpc) is 2.82. The van der Waals surface area contributed by atoms with Crippen LogP contribution in [0.25, 0.3) is 33.4 Å². The van der Waals surface area contributed by atoms with Crippen LogP contribution < -0.4 is 10.1 Å². The molecule has 0 atom stereocenters. The van der Waals surface area contributed by atoms with Crippen LogP contribution in [0.2, 0.25) is 0 Å². The Bertz CT molecular complexity index is 1270. The molecule has 1 N–H and O–H groups in total. The molecule has 0 bridgehead atoms. The number of rotatable bonds is 8. The fraction of sp³-hybridized carbons (Fsp3) is 0.240. The molecule has 8 heteroatoms. The lowest BCUT2D eigenvalue weighted by Crippen LogP contribution is -2.12. The normalized spacial score (nSPS) is 11.2. The van der Waals surface area contributed by atoms with Gasteiger partial charge < -0.3 is 14.8 Å². The molecule has 2 aromatic carbocycles. The molecule has 0 amide bonds. The molecule has 0 radical (unpaired) electrons. The first-order valence-electron chi connectivity index (χ1n) is 10.6. The van der Waals surface area contributed by atoms with Gasteiger partial charge in [-0.25, -0.2) is 18.7 Å². The van der Waals surface area contributed by atoms with E-state index in [0.29, 0.717) is 40.5 Å². The Hall–Kier alpha value is -3.65. The van der Waals surface area contributed by atoms with E-state index in [9.17, 15) is 8.78 Å². The molecule has 0 unspecified atom stereocenters. The van der Waals surface area contributed by atoms with E-state index < -0.39 is 11.6 Å². The third-order valence-electron chi connectivity index (χ3n) is 4.95. The van der Waals surface area contributed by atoms with Crippen molar-refractivity contribution in [2.24, 2.45) is 0 Å². The number of pyridine rings is 1. The Labute approximate surface area is 190 Å². The van der Waals surface area contributed by atoms with Crippen molar-refractivity contribution < 1.29 is 18.3 Å². The van der Waals surface area contributed by atoms with Gasteiger partial charge in [-0.3, -0.25) is 4.98 Å². The highest BCUT2D eigenvalue weighted by atomic mass is 19.1. The minimum Gasteiger partial charge on any atom is -0.489 e. The molecule has 4 rings (SSSR count). The summed E-state index contributed by atoms with van der Waals surface area (Å²) in [5, 5.41) is 3.69. The second-order valence-corrected chi connectivity index (χ2v) is 7.65. The molecule has 2 heterocycles. The van der Waals surface area contributed by atoms with Crippen LogP contribution in [0.5, 0.6) is 5.75 Å². The zero-order valence-electron chi connectivity index (χ0n) is 18.6. The van der Waals surface area contributed by atoms with Gasteiger partial charge in [0.15, 0.2) is 5.82 Å². The molecule has 0 saturated heterocycles. The van der Waals surface area contributed by atoms with Crippen LogP contribution in [0.3, 0.4) is 0 Å². The van der Waals surface area contributed by atoms with Crippen molar-refractivity contribution in [3.05, 3.63) is 66.5 Å². The molecule has 0 fully saturated rings. The van der Waals surface area contributed by atoms with Crippen molar-refractivity contribution >= 4 is 16.7 Å². The minimum atomic E-state index is -0.538. The van der Waals surface area contributed by atoms with Crippen molar-refractivity contribution in [1.29, 1.82) is 0 Å². The molecular formula is C25H24F2N4O2. The van der Waals surface area contributed by atoms with Crippen LogP contribution >= 0.6 is 0 Å². The van der Waals surface area contributed by atoms with Gasteiger partial charge in [0.2, 0.25) is 0 Å². The summed E-state index contributed by atoms with van der Waals surface area (Å²) < 4.78 is 40.1. The Morgan fingerprint density at radius 1 is 1.00 bits per heavy atom. The zero-order chi connectivity index (χ0) is 23.4. The topological polar surface area (TPSA) is 69.2 Å². The van der Waals surface area contributed by atoms with E-state index in [2.05, 4.69) is 15.3 Å². The van der Waals surface area contributed by atoms with Crippen LogP contribution in [0.1, 0.15) is 13.8 Å². The van der Waals surface area contributed by atoms with E-state index in [0.717, 1.165) is 23.8 Å². The fourth-order valence-corrected chi connectivity index (χ4v) is 3.44. The van der Waals surface area contributed by atoms with E-state index >= 15 is 0 Å². The number of aromatic nitrogens is 3. The lowest BCUT2D eigenvalue weighted by atomic mass is 10.0. The monoisotopic (exact) mass is 450 g/mol. The number of anilines is 1. The summed E-state index contributed by atoms with van der Waals surface area (Å²) in [7, 11) is 1.74. The molecule has 33 heavy (non-hydrogen) atoms. The number of fused-ring (bicyclic) bond motifs is 1. The largest absolute Gasteiger partial charge is 0.489 e. The first-order valence-corrected chi connectivity index (χ1v) is 10.6. The second-order valence-electron chi connectivity index (χ2n) is 7.65. The molecule has 0 spiro atoms. The maximum absolute atomic E-state index is 14.6. The van der Waals surface area contributed by atoms with E-state index in [4.69, 9.17) is 14.5 Å². The van der Waals surface area contributed by atoms with Crippen LogP contribution in [0.15, 0.2) is 54.9 Å². The number of nitrogens with one attached hydrogen (secondary N) is 1. The van der Waals surface area contributed by atoms with Crippen LogP contribution in [-0.4, -0.2) is 41.3 Å². The highest BCUT2D eigenvalue weighted by molar-refractivity contribution is 5.97. The summed E-state index contributed by atoms with van der Waals surface area (Å²) >= 11 is 0. The van der Waals surface area contributed by atoms with Crippen LogP contribution in [0, 0.1) is 11.6 Å². The van der Waals surface area contributed by atoms with E-state index in [1.54, 1.807) is 37.6 Å². The first kappa shape index (κ1) is 22.5. The lowest BCUT2D eigenvalue weighted by Gasteiger charge is -2.16. The predicted molar refractivity (Wildman–Crippen MR) is 124 cm³/mol. The maximum Gasteiger partial charge on any atom is 0.163 e. The predicted octanol–water partition coefficient (Wildman–Crippen LogP) is 5.48. The van der Waals surface area contributed by atoms with Crippen molar-refractivity contribution in [2.45, 2.75) is 20.0 Å². The standard InChI is InChI=1S/C25H24F2N4O2/c1-15(2)32-9-10-33-22-12-17(19-13-18(26)6-7-21(19)27)11-20-23(22)30-24(31-25(20)28-3)16-5-4-8-29-14-16/h4-8,11-15H,9-10H2,1-3H3,(H,28,30,31). The van der Waals surface area contributed by atoms with Gasteiger partial charge in [0, 0.05) is 36.0 Å². The molecule has 170 valence electrons. The smallest absolute Gasteiger partial charge is 0.163 e. The Morgan fingerprint density at radius 2 is 1.85 bits per heavy atom. The zero-order valence-corrected chi connectivity index (χ0v) is 18.6. The molecule has 4 aromatic rings. The number of benzene rings is 2. The summed E-state index contributed by atoms with van der Waals surface area (Å²) in [6.45, 7) is 4.52. The van der Waals surface area contributed by atoms with Gasteiger partial charge in [-0.05, 0) is 61.9 Å². The van der Waals surface area contributed by atoms with Gasteiger partial charge in [0.25, 0.3) is 0 Å². The summed E-state index contributed by atoms with van der Waals surface area (Å²) in [6, 6.07) is 10.4. The van der Waals surface area contributed by atoms with Crippen molar-refractivity contribution in [2.75, 3.05) is 25.6 Å². The number of nitrogens with zero attached hydrogens (tertiary/aromatic N) is 3. The molecule has 6 nitrogen and oxygen atoms in total. The molecular weight excluding hydrogens is 426 g/mol. The maximum atomic E-state index is 14.6. The highest BCUT2D eigenvalue weighted by Crippen LogP contribution is 2.36. The number of halogens is 2. The molecule has 0 saturated carbocycles. The second kappa shape index (κ2) is 9.87. The van der Waals surface area contributed by atoms with E-state index in [1.807, 2.05) is 19.9 Å². The van der Waals surface area contributed by atoms with Crippen LogP contribution in [-0.2, 0) is 4.74 Å². The third kappa shape index (κ3) is 5.06. The number of hydrogen-bond acceptors (Lipinski definition) is 6. The van der Waals surface area contributed by atoms with E-state index in [-0.39, 0.29) is 18.3 Å². The average molecular weight is 450 g/mol. The summed E-state index contributed by atoms with van der Waals surface area (Å²) in [4.78, 5) is 13.5. The van der Waals surface area contributed by atoms with Gasteiger partial charge in [-0.1, -0.05) is 0 Å². The molecule has 0 aliphatic carbocycles. The quantitative estimate of drug-likeness (QED) is 0.359. The van der Waals surface area contributed by atoms with Crippen molar-refractivity contribution in [1.82, 2.24) is 15.0 Å². The number of hydrogen-bond donors (Lipinski definition) is 1. The summed E-state index contributed by atoms with van der Waals surface area (Å²) in [5.74, 6) is 0.344. The Kier molecular flexibility index (Phi) is 6.74. The summed E-state index contributed by atoms with van der Waals surface area (Å²) in [6.07, 6.45) is 3.41. The minimum absolute atomic E-state index is 0.0634. The van der Waals surface area contributed by atoms with Crippen LogP contribution in [0.4, 0.5) is 14.6 Å². The third-order valence-corrected chi connectivity index (χ3v) is 4.95. The van der Waals surface area contributed by atoms with Gasteiger partial charge in [0.05, 0.1) is 12.7 Å². The Balaban J connectivity index is 1.88. The van der Waals surface area contributed by atoms with Crippen molar-refractivity contribution in [3.8, 4) is 28.3 Å². The molecule has 2 aromatic heterocycles. The molecule has 0 aliphatic rings. The van der Waals surface area contributed by atoms with Gasteiger partial charge in [0.1, 0.15) is 35.3 Å². The SMILES string of the molecule is CNc1nc(-c2cccnc2)nc2c(OCCOC(C)C)cc(-c3cc(F)ccc3F)cc12. The van der Waals surface area contributed by atoms with Crippen molar-refractivity contribution in [3.63, 3.8) is 0 Å². The van der Waals surface area contributed by atoms with Gasteiger partial charge in [-0.2, -0.15) is 0 Å². The summed E-state index contributed by atoms with van der Waals surface area (Å²) in [5.41, 5.74) is 1.86. The van der Waals surface area contributed by atoms with Gasteiger partial charge >= 0.3 is 0 Å². The highest BCUT2D eigenvalue weighted by Gasteiger charge is 2.17. The van der Waals surface area contributed by atoms with E-state index in [1.165, 1.54) is 0 Å². The Morgan fingerprint density at radius 3 is 2.58 bits per heavy atom. The lowest BCUT2D eigenvalue weighted by molar-refractivity contribution is 0.0556. The number of ether oxygens (including phenoxy) is 2. The molecule has 0 aliphatic heterocycles. The van der Waals surface area contributed by atoms with Gasteiger partial charge in [-0.15, -0.1) is 0 Å². The fourth-order valence-electron chi connectivity index (χ4n) is 3.44. The first-order chi connectivity index (χ1) is 16.0.